The second kappa shape index (κ2) is 7.92. The monoisotopic (exact) mass is 387 g/mol. The molecule has 0 radical (unpaired) electrons. The normalized spacial score (nSPS) is 10.2. The molecular formula is C21H10F5NO. The van der Waals surface area contributed by atoms with E-state index in [1.165, 1.54) is 30.3 Å². The fourth-order valence-electron chi connectivity index (χ4n) is 2.29. The summed E-state index contributed by atoms with van der Waals surface area (Å²) in [7, 11) is 0. The highest BCUT2D eigenvalue weighted by molar-refractivity contribution is 6.04. The van der Waals surface area contributed by atoms with E-state index >= 15 is 0 Å². The lowest BCUT2D eigenvalue weighted by atomic mass is 10.1. The highest BCUT2D eigenvalue weighted by Crippen LogP contribution is 2.18. The van der Waals surface area contributed by atoms with Gasteiger partial charge in [0.15, 0.2) is 17.5 Å². The van der Waals surface area contributed by atoms with E-state index in [0.717, 1.165) is 12.1 Å². The molecule has 0 aliphatic heterocycles. The fourth-order valence-corrected chi connectivity index (χ4v) is 2.29. The molecule has 140 valence electrons. The molecule has 1 N–H and O–H groups in total. The van der Waals surface area contributed by atoms with Crippen LogP contribution < -0.4 is 5.32 Å². The van der Waals surface area contributed by atoms with Crippen LogP contribution in [0.25, 0.3) is 0 Å². The van der Waals surface area contributed by atoms with E-state index in [2.05, 4.69) is 17.2 Å². The molecule has 0 aromatic heterocycles. The molecule has 7 heteroatoms. The van der Waals surface area contributed by atoms with Gasteiger partial charge in [0.25, 0.3) is 5.91 Å². The molecule has 3 rings (SSSR count). The SMILES string of the molecule is O=C(Nc1cc(F)c(F)c(F)c1)c1ccc(C#Cc2c(F)cccc2F)cc1. The van der Waals surface area contributed by atoms with Gasteiger partial charge in [-0.2, -0.15) is 0 Å². The third kappa shape index (κ3) is 4.18. The van der Waals surface area contributed by atoms with E-state index in [9.17, 15) is 26.7 Å². The molecule has 0 aliphatic rings. The van der Waals surface area contributed by atoms with Crippen LogP contribution in [0.1, 0.15) is 21.5 Å². The van der Waals surface area contributed by atoms with Gasteiger partial charge in [-0.15, -0.1) is 0 Å². The van der Waals surface area contributed by atoms with E-state index in [1.807, 2.05) is 0 Å². The van der Waals surface area contributed by atoms with Gasteiger partial charge in [0.1, 0.15) is 11.6 Å². The van der Waals surface area contributed by atoms with Crippen LogP contribution in [0.2, 0.25) is 0 Å². The maximum Gasteiger partial charge on any atom is 0.255 e. The van der Waals surface area contributed by atoms with Crippen molar-refractivity contribution in [3.8, 4) is 11.8 Å². The summed E-state index contributed by atoms with van der Waals surface area (Å²) < 4.78 is 66.4. The van der Waals surface area contributed by atoms with E-state index < -0.39 is 35.0 Å². The summed E-state index contributed by atoms with van der Waals surface area (Å²) in [5.74, 6) is -1.80. The van der Waals surface area contributed by atoms with Crippen molar-refractivity contribution in [2.75, 3.05) is 5.32 Å². The third-order valence-corrected chi connectivity index (χ3v) is 3.68. The Bertz CT molecular complexity index is 1070. The lowest BCUT2D eigenvalue weighted by Gasteiger charge is -2.06. The first-order chi connectivity index (χ1) is 13.3. The van der Waals surface area contributed by atoms with Crippen LogP contribution in [0.15, 0.2) is 54.6 Å². The first-order valence-electron chi connectivity index (χ1n) is 7.87. The summed E-state index contributed by atoms with van der Waals surface area (Å²) in [4.78, 5) is 12.1. The molecule has 0 bridgehead atoms. The van der Waals surface area contributed by atoms with Crippen molar-refractivity contribution in [1.82, 2.24) is 0 Å². The summed E-state index contributed by atoms with van der Waals surface area (Å²) >= 11 is 0. The molecule has 0 atom stereocenters. The van der Waals surface area contributed by atoms with Gasteiger partial charge in [0.2, 0.25) is 0 Å². The van der Waals surface area contributed by atoms with Crippen molar-refractivity contribution in [3.63, 3.8) is 0 Å². The predicted molar refractivity (Wildman–Crippen MR) is 93.0 cm³/mol. The topological polar surface area (TPSA) is 29.1 Å². The van der Waals surface area contributed by atoms with Crippen LogP contribution in [0.3, 0.4) is 0 Å². The maximum absolute atomic E-state index is 13.5. The lowest BCUT2D eigenvalue weighted by molar-refractivity contribution is 0.102. The molecule has 2 nitrogen and oxygen atoms in total. The highest BCUT2D eigenvalue weighted by Gasteiger charge is 2.13. The average Bonchev–Trinajstić information content (AvgIpc) is 2.66. The molecule has 0 heterocycles. The molecule has 3 aromatic carbocycles. The molecule has 0 unspecified atom stereocenters. The Morgan fingerprint density at radius 2 is 1.32 bits per heavy atom. The van der Waals surface area contributed by atoms with Crippen molar-refractivity contribution < 1.29 is 26.7 Å². The van der Waals surface area contributed by atoms with Crippen LogP contribution >= 0.6 is 0 Å². The van der Waals surface area contributed by atoms with Gasteiger partial charge in [0, 0.05) is 28.9 Å². The van der Waals surface area contributed by atoms with Gasteiger partial charge in [-0.3, -0.25) is 4.79 Å². The summed E-state index contributed by atoms with van der Waals surface area (Å²) in [6.45, 7) is 0. The summed E-state index contributed by atoms with van der Waals surface area (Å²) in [5, 5.41) is 2.24. The minimum atomic E-state index is -1.63. The van der Waals surface area contributed by atoms with Crippen LogP contribution in [0.4, 0.5) is 27.6 Å². The number of amides is 1. The molecule has 1 amide bonds. The zero-order valence-electron chi connectivity index (χ0n) is 14.0. The van der Waals surface area contributed by atoms with E-state index in [4.69, 9.17) is 0 Å². The highest BCUT2D eigenvalue weighted by atomic mass is 19.2. The lowest BCUT2D eigenvalue weighted by Crippen LogP contribution is -2.12. The average molecular weight is 387 g/mol. The number of nitrogens with one attached hydrogen (secondary N) is 1. The van der Waals surface area contributed by atoms with Crippen molar-refractivity contribution in [3.05, 3.63) is 100 Å². The van der Waals surface area contributed by atoms with Gasteiger partial charge in [-0.05, 0) is 36.4 Å². The number of carbonyl (C=O) groups is 1. The number of anilines is 1. The maximum atomic E-state index is 13.5. The van der Waals surface area contributed by atoms with Gasteiger partial charge < -0.3 is 5.32 Å². The van der Waals surface area contributed by atoms with Gasteiger partial charge in [0.05, 0.1) is 5.56 Å². The summed E-state index contributed by atoms with van der Waals surface area (Å²) in [5.41, 5.74) is -0.101. The Balaban J connectivity index is 1.76. The number of hydrogen-bond donors (Lipinski definition) is 1. The van der Waals surface area contributed by atoms with Crippen molar-refractivity contribution in [2.24, 2.45) is 0 Å². The molecule has 3 aromatic rings. The predicted octanol–water partition coefficient (Wildman–Crippen LogP) is 5.03. The van der Waals surface area contributed by atoms with Crippen molar-refractivity contribution >= 4 is 11.6 Å². The van der Waals surface area contributed by atoms with Crippen LogP contribution in [-0.2, 0) is 0 Å². The van der Waals surface area contributed by atoms with E-state index in [-0.39, 0.29) is 16.8 Å². The molecule has 0 saturated carbocycles. The van der Waals surface area contributed by atoms with Crippen LogP contribution in [0.5, 0.6) is 0 Å². The van der Waals surface area contributed by atoms with E-state index in [1.54, 1.807) is 0 Å². The second-order valence-corrected chi connectivity index (χ2v) is 5.63. The quantitative estimate of drug-likeness (QED) is 0.373. The first kappa shape index (κ1) is 19.1. The number of rotatable bonds is 2. The zero-order valence-corrected chi connectivity index (χ0v) is 14.0. The Kier molecular flexibility index (Phi) is 5.41. The number of benzene rings is 3. The third-order valence-electron chi connectivity index (χ3n) is 3.68. The number of hydrogen-bond acceptors (Lipinski definition) is 1. The first-order valence-corrected chi connectivity index (χ1v) is 7.87. The van der Waals surface area contributed by atoms with Gasteiger partial charge in [-0.1, -0.05) is 17.9 Å². The minimum absolute atomic E-state index is 0.132. The summed E-state index contributed by atoms with van der Waals surface area (Å²) in [6, 6.07) is 10.3. The Morgan fingerprint density at radius 1 is 0.750 bits per heavy atom. The molecular weight excluding hydrogens is 377 g/mol. The smallest absolute Gasteiger partial charge is 0.255 e. The second-order valence-electron chi connectivity index (χ2n) is 5.63. The van der Waals surface area contributed by atoms with E-state index in [0.29, 0.717) is 17.7 Å². The Hall–Kier alpha value is -3.66. The zero-order chi connectivity index (χ0) is 20.3. The van der Waals surface area contributed by atoms with Gasteiger partial charge >= 0.3 is 0 Å². The molecule has 28 heavy (non-hydrogen) atoms. The largest absolute Gasteiger partial charge is 0.322 e. The number of carbonyl (C=O) groups excluding carboxylic acids is 1. The van der Waals surface area contributed by atoms with Gasteiger partial charge in [-0.25, -0.2) is 22.0 Å². The number of halogens is 5. The molecule has 0 fully saturated rings. The standard InChI is InChI=1S/C21H10F5NO/c22-16-2-1-3-17(23)15(16)9-6-12-4-7-13(8-5-12)21(28)27-14-10-18(24)20(26)19(25)11-14/h1-5,7-8,10-11H,(H,27,28). The molecule has 0 aliphatic carbocycles. The van der Waals surface area contributed by atoms with Crippen LogP contribution in [-0.4, -0.2) is 5.91 Å². The molecule has 0 spiro atoms. The van der Waals surface area contributed by atoms with Crippen molar-refractivity contribution in [1.29, 1.82) is 0 Å². The fraction of sp³-hybridized carbons (Fsp3) is 0. The van der Waals surface area contributed by atoms with Crippen LogP contribution in [0, 0.1) is 40.9 Å². The summed E-state index contributed by atoms with van der Waals surface area (Å²) in [6.07, 6.45) is 0. The Labute approximate surface area is 156 Å². The minimum Gasteiger partial charge on any atom is -0.322 e. The Morgan fingerprint density at radius 3 is 1.89 bits per heavy atom. The van der Waals surface area contributed by atoms with Crippen molar-refractivity contribution in [2.45, 2.75) is 0 Å². The molecule has 0 saturated heterocycles.